The first-order valence-electron chi connectivity index (χ1n) is 7.63. The third kappa shape index (κ3) is 3.28. The number of carbonyl (C=O) groups is 1. The lowest BCUT2D eigenvalue weighted by atomic mass is 10.1. The number of hydrogen-bond acceptors (Lipinski definition) is 5. The van der Waals surface area contributed by atoms with Gasteiger partial charge >= 0.3 is 5.97 Å². The Morgan fingerprint density at radius 2 is 2.00 bits per heavy atom. The Morgan fingerprint density at radius 1 is 1.29 bits per heavy atom. The van der Waals surface area contributed by atoms with Crippen LogP contribution in [0.15, 0.2) is 29.4 Å². The third-order valence-electron chi connectivity index (χ3n) is 3.56. The molecule has 7 nitrogen and oxygen atoms in total. The summed E-state index contributed by atoms with van der Waals surface area (Å²) in [5, 5.41) is 5.87. The summed E-state index contributed by atoms with van der Waals surface area (Å²) in [6, 6.07) is 5.51. The quantitative estimate of drug-likeness (QED) is 0.807. The fourth-order valence-electron chi connectivity index (χ4n) is 2.49. The summed E-state index contributed by atoms with van der Waals surface area (Å²) in [6.45, 7) is 7.54. The van der Waals surface area contributed by atoms with E-state index in [4.69, 9.17) is 4.74 Å². The molecule has 0 saturated heterocycles. The number of nitrogens with one attached hydrogen (secondary N) is 1. The van der Waals surface area contributed by atoms with Gasteiger partial charge in [-0.3, -0.25) is 9.40 Å². The van der Waals surface area contributed by atoms with Crippen molar-refractivity contribution in [2.45, 2.75) is 32.7 Å². The molecule has 0 fully saturated rings. The predicted molar refractivity (Wildman–Crippen MR) is 90.7 cm³/mol. The molecule has 1 aromatic heterocycles. The van der Waals surface area contributed by atoms with Crippen molar-refractivity contribution in [1.29, 1.82) is 0 Å². The average molecular weight is 351 g/mol. The number of rotatable bonds is 6. The molecule has 0 saturated carbocycles. The summed E-state index contributed by atoms with van der Waals surface area (Å²) in [5.41, 5.74) is 2.34. The Labute approximate surface area is 141 Å². The molecule has 0 bridgehead atoms. The maximum atomic E-state index is 13.0. The first-order valence-corrected chi connectivity index (χ1v) is 9.07. The van der Waals surface area contributed by atoms with Gasteiger partial charge < -0.3 is 4.74 Å². The minimum absolute atomic E-state index is 0.0972. The molecule has 1 N–H and O–H groups in total. The Bertz CT molecular complexity index is 843. The highest BCUT2D eigenvalue weighted by Gasteiger charge is 2.31. The monoisotopic (exact) mass is 351 g/mol. The van der Waals surface area contributed by atoms with Crippen molar-refractivity contribution in [3.63, 3.8) is 0 Å². The molecule has 0 spiro atoms. The van der Waals surface area contributed by atoms with Gasteiger partial charge in [0.2, 0.25) is 0 Å². The maximum absolute atomic E-state index is 13.0. The molecule has 0 aliphatic heterocycles. The van der Waals surface area contributed by atoms with Crippen LogP contribution in [0, 0.1) is 13.8 Å². The zero-order valence-corrected chi connectivity index (χ0v) is 15.0. The lowest BCUT2D eigenvalue weighted by Gasteiger charge is -2.24. The van der Waals surface area contributed by atoms with Crippen LogP contribution in [0.3, 0.4) is 0 Å². The topological polar surface area (TPSA) is 92.4 Å². The largest absolute Gasteiger partial charge is 0.462 e. The molecular weight excluding hydrogens is 330 g/mol. The van der Waals surface area contributed by atoms with Crippen molar-refractivity contribution in [2.24, 2.45) is 0 Å². The van der Waals surface area contributed by atoms with E-state index in [1.165, 1.54) is 10.5 Å². The van der Waals surface area contributed by atoms with E-state index in [9.17, 15) is 13.2 Å². The van der Waals surface area contributed by atoms with Crippen molar-refractivity contribution in [2.75, 3.05) is 17.5 Å². The lowest BCUT2D eigenvalue weighted by Crippen LogP contribution is -2.32. The van der Waals surface area contributed by atoms with Crippen molar-refractivity contribution in [3.8, 4) is 0 Å². The van der Waals surface area contributed by atoms with E-state index in [-0.39, 0.29) is 23.7 Å². The van der Waals surface area contributed by atoms with Crippen LogP contribution in [0.4, 0.5) is 5.69 Å². The number of H-pyrrole nitrogens is 1. The van der Waals surface area contributed by atoms with E-state index in [2.05, 4.69) is 10.2 Å². The van der Waals surface area contributed by atoms with Crippen LogP contribution in [0.2, 0.25) is 0 Å². The van der Waals surface area contributed by atoms with Gasteiger partial charge in [0.1, 0.15) is 5.56 Å². The molecule has 8 heteroatoms. The number of carbonyl (C=O) groups excluding carboxylic acids is 1. The molecule has 0 unspecified atom stereocenters. The van der Waals surface area contributed by atoms with Crippen LogP contribution in [-0.2, 0) is 14.8 Å². The first-order chi connectivity index (χ1) is 11.3. The minimum atomic E-state index is -3.98. The van der Waals surface area contributed by atoms with Gasteiger partial charge in [0, 0.05) is 6.54 Å². The highest BCUT2D eigenvalue weighted by Crippen LogP contribution is 2.28. The predicted octanol–water partition coefficient (Wildman–Crippen LogP) is 2.42. The fraction of sp³-hybridized carbons (Fsp3) is 0.375. The number of benzene rings is 1. The minimum Gasteiger partial charge on any atom is -0.462 e. The molecule has 0 amide bonds. The zero-order valence-electron chi connectivity index (χ0n) is 14.2. The zero-order chi connectivity index (χ0) is 17.9. The van der Waals surface area contributed by atoms with Crippen LogP contribution in [0.1, 0.15) is 35.3 Å². The van der Waals surface area contributed by atoms with Crippen LogP contribution in [0.25, 0.3) is 0 Å². The Kier molecular flexibility index (Phi) is 5.28. The summed E-state index contributed by atoms with van der Waals surface area (Å²) in [4.78, 5) is 12.0. The van der Waals surface area contributed by atoms with Crippen molar-refractivity contribution >= 4 is 21.7 Å². The maximum Gasteiger partial charge on any atom is 0.342 e. The van der Waals surface area contributed by atoms with Crippen molar-refractivity contribution < 1.29 is 17.9 Å². The Balaban J connectivity index is 2.52. The summed E-state index contributed by atoms with van der Waals surface area (Å²) in [7, 11) is -3.98. The number of aromatic amines is 1. The molecule has 0 aliphatic rings. The van der Waals surface area contributed by atoms with Gasteiger partial charge in [0.05, 0.1) is 18.5 Å². The van der Waals surface area contributed by atoms with E-state index >= 15 is 0 Å². The van der Waals surface area contributed by atoms with E-state index in [1.807, 2.05) is 26.0 Å². The van der Waals surface area contributed by atoms with Gasteiger partial charge in [-0.2, -0.15) is 13.5 Å². The van der Waals surface area contributed by atoms with E-state index < -0.39 is 16.0 Å². The molecule has 130 valence electrons. The van der Waals surface area contributed by atoms with Gasteiger partial charge in [0.15, 0.2) is 5.03 Å². The third-order valence-corrected chi connectivity index (χ3v) is 5.42. The molecule has 2 aromatic rings. The highest BCUT2D eigenvalue weighted by molar-refractivity contribution is 7.92. The number of ether oxygens (including phenoxy) is 1. The van der Waals surface area contributed by atoms with Gasteiger partial charge in [-0.25, -0.2) is 4.79 Å². The smallest absolute Gasteiger partial charge is 0.342 e. The van der Waals surface area contributed by atoms with E-state index in [0.29, 0.717) is 5.69 Å². The van der Waals surface area contributed by atoms with E-state index in [0.717, 1.165) is 11.1 Å². The lowest BCUT2D eigenvalue weighted by molar-refractivity contribution is 0.0522. The number of aryl methyl sites for hydroxylation is 2. The highest BCUT2D eigenvalue weighted by atomic mass is 32.2. The first kappa shape index (κ1) is 18.0. The number of aromatic nitrogens is 2. The molecule has 1 heterocycles. The van der Waals surface area contributed by atoms with E-state index in [1.54, 1.807) is 19.9 Å². The van der Waals surface area contributed by atoms with Crippen molar-refractivity contribution in [3.05, 3.63) is 41.1 Å². The summed E-state index contributed by atoms with van der Waals surface area (Å²) >= 11 is 0. The molecule has 1 aromatic carbocycles. The van der Waals surface area contributed by atoms with Gasteiger partial charge in [-0.15, -0.1) is 0 Å². The standard InChI is InChI=1S/C16H21N3O4S/c1-5-19(14-8-7-11(3)9-12(14)4)24(21,22)15-13(10-17-18-15)16(20)23-6-2/h7-10H,5-6H2,1-4H3,(H,17,18). The Morgan fingerprint density at radius 3 is 2.58 bits per heavy atom. The van der Waals surface area contributed by atoms with Crippen LogP contribution < -0.4 is 4.31 Å². The molecule has 0 radical (unpaired) electrons. The van der Waals surface area contributed by atoms with Crippen LogP contribution >= 0.6 is 0 Å². The van der Waals surface area contributed by atoms with Gasteiger partial charge in [-0.1, -0.05) is 17.7 Å². The van der Waals surface area contributed by atoms with Crippen LogP contribution in [-0.4, -0.2) is 37.7 Å². The molecule has 0 aliphatic carbocycles. The second-order valence-corrected chi connectivity index (χ2v) is 7.09. The number of anilines is 1. The normalized spacial score (nSPS) is 11.3. The number of sulfonamides is 1. The number of nitrogens with zero attached hydrogens (tertiary/aromatic N) is 2. The fourth-order valence-corrected chi connectivity index (χ4v) is 4.10. The molecule has 2 rings (SSSR count). The van der Waals surface area contributed by atoms with Crippen LogP contribution in [0.5, 0.6) is 0 Å². The Hall–Kier alpha value is -2.35. The SMILES string of the molecule is CCOC(=O)c1cn[nH]c1S(=O)(=O)N(CC)c1ccc(C)cc1C. The molecular formula is C16H21N3O4S. The van der Waals surface area contributed by atoms with Gasteiger partial charge in [-0.05, 0) is 39.3 Å². The van der Waals surface area contributed by atoms with Gasteiger partial charge in [0.25, 0.3) is 10.0 Å². The molecule has 24 heavy (non-hydrogen) atoms. The van der Waals surface area contributed by atoms with Crippen molar-refractivity contribution in [1.82, 2.24) is 10.2 Å². The second kappa shape index (κ2) is 7.04. The summed E-state index contributed by atoms with van der Waals surface area (Å²) in [5.74, 6) is -0.721. The summed E-state index contributed by atoms with van der Waals surface area (Å²) < 4.78 is 32.2. The number of esters is 1. The molecule has 0 atom stereocenters. The number of hydrogen-bond donors (Lipinski definition) is 1. The average Bonchev–Trinajstić information content (AvgIpc) is 3.00. The summed E-state index contributed by atoms with van der Waals surface area (Å²) in [6.07, 6.45) is 1.17. The second-order valence-electron chi connectivity index (χ2n) is 5.29.